The van der Waals surface area contributed by atoms with E-state index in [1.54, 1.807) is 18.2 Å². The second-order valence-corrected chi connectivity index (χ2v) is 6.24. The molecular formula is C22H19N3O2. The SMILES string of the molecule is Cc1ccc(-n2cccc2/C=C(/C#N)C(=O)Nc2ccc(O)cc2)cc1C. The fourth-order valence-corrected chi connectivity index (χ4v) is 2.66. The van der Waals surface area contributed by atoms with E-state index in [0.717, 1.165) is 11.4 Å². The zero-order valence-electron chi connectivity index (χ0n) is 15.1. The normalized spacial score (nSPS) is 11.1. The van der Waals surface area contributed by atoms with Gasteiger partial charge in [0.2, 0.25) is 0 Å². The van der Waals surface area contributed by atoms with Gasteiger partial charge < -0.3 is 15.0 Å². The third-order valence-corrected chi connectivity index (χ3v) is 4.33. The number of carbonyl (C=O) groups excluding carboxylic acids is 1. The number of nitrogens with zero attached hydrogens (tertiary/aromatic N) is 2. The molecule has 0 radical (unpaired) electrons. The highest BCUT2D eigenvalue weighted by molar-refractivity contribution is 6.09. The lowest BCUT2D eigenvalue weighted by Gasteiger charge is -2.10. The van der Waals surface area contributed by atoms with Crippen LogP contribution < -0.4 is 5.32 Å². The number of rotatable bonds is 4. The number of amides is 1. The van der Waals surface area contributed by atoms with Crippen LogP contribution in [0.25, 0.3) is 11.8 Å². The quantitative estimate of drug-likeness (QED) is 0.414. The minimum atomic E-state index is -0.504. The number of hydrogen-bond donors (Lipinski definition) is 2. The fourth-order valence-electron chi connectivity index (χ4n) is 2.66. The Morgan fingerprint density at radius 1 is 1.11 bits per heavy atom. The third kappa shape index (κ3) is 4.07. The molecule has 3 rings (SSSR count). The topological polar surface area (TPSA) is 78.0 Å². The van der Waals surface area contributed by atoms with Crippen LogP contribution in [0.5, 0.6) is 5.75 Å². The summed E-state index contributed by atoms with van der Waals surface area (Å²) in [7, 11) is 0. The standard InChI is InChI=1S/C22H19N3O2/c1-15-5-8-20(12-16(15)2)25-11-3-4-19(25)13-17(14-23)22(27)24-18-6-9-21(26)10-7-18/h3-13,26H,1-2H3,(H,24,27)/b17-13-. The number of nitriles is 1. The molecule has 2 N–H and O–H groups in total. The maximum absolute atomic E-state index is 12.4. The molecule has 0 aliphatic rings. The average molecular weight is 357 g/mol. The lowest BCUT2D eigenvalue weighted by atomic mass is 10.1. The Balaban J connectivity index is 1.89. The monoisotopic (exact) mass is 357 g/mol. The number of anilines is 1. The minimum Gasteiger partial charge on any atom is -0.508 e. The summed E-state index contributed by atoms with van der Waals surface area (Å²) >= 11 is 0. The molecule has 5 heteroatoms. The van der Waals surface area contributed by atoms with E-state index in [9.17, 15) is 15.2 Å². The Bertz CT molecular complexity index is 1050. The van der Waals surface area contributed by atoms with Crippen molar-refractivity contribution in [1.82, 2.24) is 4.57 Å². The minimum absolute atomic E-state index is 0.00754. The Morgan fingerprint density at radius 3 is 2.52 bits per heavy atom. The summed E-state index contributed by atoms with van der Waals surface area (Å²) in [5.74, 6) is -0.397. The molecule has 0 unspecified atom stereocenters. The molecule has 0 bridgehead atoms. The second kappa shape index (κ2) is 7.63. The number of phenols is 1. The molecule has 2 aromatic carbocycles. The lowest BCUT2D eigenvalue weighted by molar-refractivity contribution is -0.112. The summed E-state index contributed by atoms with van der Waals surface area (Å²) in [6.07, 6.45) is 3.45. The van der Waals surface area contributed by atoms with E-state index in [1.165, 1.54) is 23.3 Å². The van der Waals surface area contributed by atoms with Crippen molar-refractivity contribution in [3.05, 3.63) is 83.2 Å². The van der Waals surface area contributed by atoms with Crippen molar-refractivity contribution in [2.24, 2.45) is 0 Å². The first-order chi connectivity index (χ1) is 13.0. The Labute approximate surface area is 157 Å². The first-order valence-corrected chi connectivity index (χ1v) is 8.45. The molecule has 27 heavy (non-hydrogen) atoms. The molecule has 0 saturated carbocycles. The first kappa shape index (κ1) is 18.0. The molecule has 0 atom stereocenters. The number of benzene rings is 2. The first-order valence-electron chi connectivity index (χ1n) is 8.45. The van der Waals surface area contributed by atoms with E-state index in [2.05, 4.69) is 18.3 Å². The number of carbonyl (C=O) groups is 1. The van der Waals surface area contributed by atoms with Crippen LogP contribution in [0.15, 0.2) is 66.4 Å². The smallest absolute Gasteiger partial charge is 0.266 e. The summed E-state index contributed by atoms with van der Waals surface area (Å²) in [6.45, 7) is 4.10. The van der Waals surface area contributed by atoms with Crippen LogP contribution in [0, 0.1) is 25.2 Å². The molecule has 0 fully saturated rings. The highest BCUT2D eigenvalue weighted by Crippen LogP contribution is 2.19. The highest BCUT2D eigenvalue weighted by Gasteiger charge is 2.11. The molecule has 0 saturated heterocycles. The predicted octanol–water partition coefficient (Wildman–Crippen LogP) is 4.35. The van der Waals surface area contributed by atoms with Crippen molar-refractivity contribution in [2.75, 3.05) is 5.32 Å². The van der Waals surface area contributed by atoms with Crippen molar-refractivity contribution >= 4 is 17.7 Å². The molecule has 5 nitrogen and oxygen atoms in total. The van der Waals surface area contributed by atoms with Crippen LogP contribution in [-0.4, -0.2) is 15.6 Å². The van der Waals surface area contributed by atoms with Crippen LogP contribution in [0.3, 0.4) is 0 Å². The zero-order valence-corrected chi connectivity index (χ0v) is 15.1. The van der Waals surface area contributed by atoms with Crippen molar-refractivity contribution in [3.8, 4) is 17.5 Å². The maximum Gasteiger partial charge on any atom is 0.266 e. The zero-order chi connectivity index (χ0) is 19.4. The van der Waals surface area contributed by atoms with Gasteiger partial charge in [-0.2, -0.15) is 5.26 Å². The van der Waals surface area contributed by atoms with Crippen LogP contribution in [-0.2, 0) is 4.79 Å². The summed E-state index contributed by atoms with van der Waals surface area (Å²) in [4.78, 5) is 12.4. The van der Waals surface area contributed by atoms with Gasteiger partial charge >= 0.3 is 0 Å². The van der Waals surface area contributed by atoms with Gasteiger partial charge in [0.05, 0.1) is 0 Å². The van der Waals surface area contributed by atoms with Crippen molar-refractivity contribution in [3.63, 3.8) is 0 Å². The van der Waals surface area contributed by atoms with Gasteiger partial charge in [-0.15, -0.1) is 0 Å². The van der Waals surface area contributed by atoms with E-state index in [-0.39, 0.29) is 11.3 Å². The van der Waals surface area contributed by atoms with Crippen LogP contribution >= 0.6 is 0 Å². The molecule has 134 valence electrons. The number of phenolic OH excluding ortho intramolecular Hbond substituents is 1. The molecule has 0 aliphatic heterocycles. The van der Waals surface area contributed by atoms with Gasteiger partial charge in [-0.05, 0) is 79.6 Å². The Hall–Kier alpha value is -3.78. The largest absolute Gasteiger partial charge is 0.508 e. The molecule has 1 heterocycles. The molecule has 3 aromatic rings. The average Bonchev–Trinajstić information content (AvgIpc) is 3.12. The van der Waals surface area contributed by atoms with Gasteiger partial charge in [-0.25, -0.2) is 0 Å². The molecule has 1 aromatic heterocycles. The summed E-state index contributed by atoms with van der Waals surface area (Å²) in [5, 5.41) is 21.4. The predicted molar refractivity (Wildman–Crippen MR) is 106 cm³/mol. The van der Waals surface area contributed by atoms with Crippen molar-refractivity contribution < 1.29 is 9.90 Å². The second-order valence-electron chi connectivity index (χ2n) is 6.24. The fraction of sp³-hybridized carbons (Fsp3) is 0.0909. The number of aromatic nitrogens is 1. The van der Waals surface area contributed by atoms with E-state index in [0.29, 0.717) is 5.69 Å². The number of aryl methyl sites for hydroxylation is 2. The van der Waals surface area contributed by atoms with E-state index in [4.69, 9.17) is 0 Å². The van der Waals surface area contributed by atoms with Crippen molar-refractivity contribution in [2.45, 2.75) is 13.8 Å². The molecular weight excluding hydrogens is 338 g/mol. The van der Waals surface area contributed by atoms with E-state index in [1.807, 2.05) is 48.0 Å². The van der Waals surface area contributed by atoms with Crippen LogP contribution in [0.4, 0.5) is 5.69 Å². The number of aromatic hydroxyl groups is 1. The number of hydrogen-bond acceptors (Lipinski definition) is 3. The van der Waals surface area contributed by atoms with E-state index >= 15 is 0 Å². The third-order valence-electron chi connectivity index (χ3n) is 4.33. The van der Waals surface area contributed by atoms with E-state index < -0.39 is 5.91 Å². The highest BCUT2D eigenvalue weighted by atomic mass is 16.3. The lowest BCUT2D eigenvalue weighted by Crippen LogP contribution is -2.13. The summed E-state index contributed by atoms with van der Waals surface area (Å²) in [6, 6.07) is 17.9. The van der Waals surface area contributed by atoms with Gasteiger partial charge in [-0.1, -0.05) is 6.07 Å². The maximum atomic E-state index is 12.4. The van der Waals surface area contributed by atoms with Gasteiger partial charge in [0, 0.05) is 23.3 Å². The Kier molecular flexibility index (Phi) is 5.09. The molecule has 0 spiro atoms. The van der Waals surface area contributed by atoms with Gasteiger partial charge in [-0.3, -0.25) is 4.79 Å². The molecule has 0 aliphatic carbocycles. The van der Waals surface area contributed by atoms with Gasteiger partial charge in [0.25, 0.3) is 5.91 Å². The number of nitrogens with one attached hydrogen (secondary N) is 1. The molecule has 1 amide bonds. The van der Waals surface area contributed by atoms with Crippen LogP contribution in [0.1, 0.15) is 16.8 Å². The van der Waals surface area contributed by atoms with Crippen molar-refractivity contribution in [1.29, 1.82) is 5.26 Å². The van der Waals surface area contributed by atoms with Crippen LogP contribution in [0.2, 0.25) is 0 Å². The summed E-state index contributed by atoms with van der Waals surface area (Å²) < 4.78 is 1.93. The van der Waals surface area contributed by atoms with Gasteiger partial charge in [0.15, 0.2) is 0 Å². The summed E-state index contributed by atoms with van der Waals surface area (Å²) in [5.41, 5.74) is 4.56. The van der Waals surface area contributed by atoms with Gasteiger partial charge in [0.1, 0.15) is 17.4 Å². The Morgan fingerprint density at radius 2 is 1.85 bits per heavy atom.